The molecule has 0 radical (unpaired) electrons. The van der Waals surface area contributed by atoms with Crippen LogP contribution in [0.15, 0.2) is 60.7 Å². The highest BCUT2D eigenvalue weighted by molar-refractivity contribution is 6.23. The molecule has 10 nitrogen and oxygen atoms in total. The predicted octanol–water partition coefficient (Wildman–Crippen LogP) is 4.60. The number of amides is 4. The second-order valence-corrected chi connectivity index (χ2v) is 12.8. The van der Waals surface area contributed by atoms with Crippen LogP contribution in [0.3, 0.4) is 0 Å². The monoisotopic (exact) mass is 614 g/mol. The molecule has 1 aliphatic rings. The molecule has 0 aliphatic carbocycles. The van der Waals surface area contributed by atoms with E-state index in [-0.39, 0.29) is 31.3 Å². The van der Waals surface area contributed by atoms with Gasteiger partial charge in [0.2, 0.25) is 11.8 Å². The summed E-state index contributed by atoms with van der Waals surface area (Å²) in [6.07, 6.45) is 0.389. The van der Waals surface area contributed by atoms with Gasteiger partial charge in [0.25, 0.3) is 11.8 Å². The number of aryl methyl sites for hydroxylation is 1. The Morgan fingerprint density at radius 3 is 2.00 bits per heavy atom. The van der Waals surface area contributed by atoms with Gasteiger partial charge in [-0.3, -0.25) is 34.2 Å². The highest BCUT2D eigenvalue weighted by Gasteiger charge is 2.38. The molecule has 2 atom stereocenters. The van der Waals surface area contributed by atoms with Crippen LogP contribution in [-0.2, 0) is 19.1 Å². The van der Waals surface area contributed by atoms with Gasteiger partial charge in [0, 0.05) is 12.2 Å². The minimum absolute atomic E-state index is 0.0234. The Morgan fingerprint density at radius 2 is 1.44 bits per heavy atom. The molecule has 0 aromatic heterocycles. The number of carbonyl (C=O) groups is 5. The summed E-state index contributed by atoms with van der Waals surface area (Å²) in [5.74, 6) is -2.24. The molecule has 4 amide bonds. The van der Waals surface area contributed by atoms with Crippen LogP contribution in [0.2, 0.25) is 0 Å². The van der Waals surface area contributed by atoms with E-state index >= 15 is 0 Å². The zero-order valence-electron chi connectivity index (χ0n) is 26.7. The Bertz CT molecular complexity index is 1550. The number of benzene rings is 3. The number of anilines is 1. The number of hydrogen-bond donors (Lipinski definition) is 3. The van der Waals surface area contributed by atoms with Gasteiger partial charge in [-0.05, 0) is 81.0 Å². The SMILES string of the molecule is Cc1ccccc1NC(=O)CNC(=O)[C@H](CC(C)C)N[C@H](CCN1C(=O)c2cc3ccccc3cc2C1=O)C(=O)OC(C)(C)C. The Labute approximate surface area is 263 Å². The fourth-order valence-electron chi connectivity index (χ4n) is 5.24. The summed E-state index contributed by atoms with van der Waals surface area (Å²) < 4.78 is 5.66. The highest BCUT2D eigenvalue weighted by Crippen LogP contribution is 2.28. The molecule has 3 aromatic carbocycles. The second kappa shape index (κ2) is 14.0. The van der Waals surface area contributed by atoms with Gasteiger partial charge in [-0.25, -0.2) is 0 Å². The quantitative estimate of drug-likeness (QED) is 0.201. The van der Waals surface area contributed by atoms with Crippen LogP contribution in [0.1, 0.15) is 73.7 Å². The van der Waals surface area contributed by atoms with Crippen molar-refractivity contribution in [2.75, 3.05) is 18.4 Å². The Morgan fingerprint density at radius 1 is 0.867 bits per heavy atom. The zero-order chi connectivity index (χ0) is 32.9. The van der Waals surface area contributed by atoms with Crippen molar-refractivity contribution in [3.05, 3.63) is 77.4 Å². The molecule has 0 spiro atoms. The molecule has 0 fully saturated rings. The summed E-state index contributed by atoms with van der Waals surface area (Å²) in [5, 5.41) is 10.3. The average molecular weight is 615 g/mol. The van der Waals surface area contributed by atoms with Crippen LogP contribution in [0.25, 0.3) is 10.8 Å². The van der Waals surface area contributed by atoms with Crippen molar-refractivity contribution in [1.29, 1.82) is 0 Å². The molecule has 0 saturated carbocycles. The number of nitrogens with zero attached hydrogens (tertiary/aromatic N) is 1. The first-order valence-electron chi connectivity index (χ1n) is 15.2. The summed E-state index contributed by atoms with van der Waals surface area (Å²) >= 11 is 0. The van der Waals surface area contributed by atoms with E-state index in [9.17, 15) is 24.0 Å². The van der Waals surface area contributed by atoms with Crippen molar-refractivity contribution in [3.63, 3.8) is 0 Å². The van der Waals surface area contributed by atoms with Gasteiger partial charge in [-0.1, -0.05) is 56.3 Å². The average Bonchev–Trinajstić information content (AvgIpc) is 3.20. The molecule has 0 saturated heterocycles. The molecule has 238 valence electrons. The van der Waals surface area contributed by atoms with Crippen molar-refractivity contribution >= 4 is 46.1 Å². The fraction of sp³-hybridized carbons (Fsp3) is 0.400. The van der Waals surface area contributed by atoms with Gasteiger partial charge in [0.1, 0.15) is 11.6 Å². The van der Waals surface area contributed by atoms with E-state index < -0.39 is 41.4 Å². The smallest absolute Gasteiger partial charge is 0.323 e. The Kier molecular flexibility index (Phi) is 10.4. The van der Waals surface area contributed by atoms with Gasteiger partial charge in [-0.2, -0.15) is 0 Å². The van der Waals surface area contributed by atoms with E-state index in [1.165, 1.54) is 0 Å². The van der Waals surface area contributed by atoms with E-state index in [0.717, 1.165) is 21.2 Å². The number of hydrogen-bond acceptors (Lipinski definition) is 7. The molecule has 1 heterocycles. The molecule has 0 bridgehead atoms. The van der Waals surface area contributed by atoms with Crippen molar-refractivity contribution in [1.82, 2.24) is 15.5 Å². The number of imide groups is 1. The molecular weight excluding hydrogens is 572 g/mol. The molecular formula is C35H42N4O6. The number of esters is 1. The molecule has 0 unspecified atom stereocenters. The van der Waals surface area contributed by atoms with E-state index in [1.54, 1.807) is 39.0 Å². The first kappa shape index (κ1) is 33.3. The fourth-order valence-corrected chi connectivity index (χ4v) is 5.24. The maximum Gasteiger partial charge on any atom is 0.323 e. The Hall–Kier alpha value is -4.57. The van der Waals surface area contributed by atoms with Crippen molar-refractivity contribution in [2.24, 2.45) is 5.92 Å². The zero-order valence-corrected chi connectivity index (χ0v) is 26.7. The number of nitrogens with one attached hydrogen (secondary N) is 3. The van der Waals surface area contributed by atoms with Crippen LogP contribution in [0, 0.1) is 12.8 Å². The summed E-state index contributed by atoms with van der Waals surface area (Å²) in [6, 6.07) is 16.4. The first-order chi connectivity index (χ1) is 21.2. The maximum atomic E-state index is 13.4. The minimum Gasteiger partial charge on any atom is -0.459 e. The normalized spacial score (nSPS) is 14.3. The third-order valence-electron chi connectivity index (χ3n) is 7.44. The van der Waals surface area contributed by atoms with Crippen molar-refractivity contribution in [3.8, 4) is 0 Å². The van der Waals surface area contributed by atoms with Gasteiger partial charge < -0.3 is 15.4 Å². The van der Waals surface area contributed by atoms with Gasteiger partial charge in [0.05, 0.1) is 23.7 Å². The van der Waals surface area contributed by atoms with E-state index in [0.29, 0.717) is 23.2 Å². The molecule has 4 rings (SSSR count). The number of carbonyl (C=O) groups excluding carboxylic acids is 5. The molecule has 3 aromatic rings. The highest BCUT2D eigenvalue weighted by atomic mass is 16.6. The predicted molar refractivity (Wildman–Crippen MR) is 173 cm³/mol. The van der Waals surface area contributed by atoms with E-state index in [4.69, 9.17) is 4.74 Å². The largest absolute Gasteiger partial charge is 0.459 e. The Balaban J connectivity index is 1.47. The molecule has 45 heavy (non-hydrogen) atoms. The molecule has 3 N–H and O–H groups in total. The summed E-state index contributed by atoms with van der Waals surface area (Å²) in [4.78, 5) is 67.1. The summed E-state index contributed by atoms with van der Waals surface area (Å²) in [5.41, 5.74) is 1.38. The van der Waals surface area contributed by atoms with Crippen LogP contribution < -0.4 is 16.0 Å². The third kappa shape index (κ3) is 8.54. The van der Waals surface area contributed by atoms with Crippen LogP contribution in [0.4, 0.5) is 5.69 Å². The molecule has 1 aliphatic heterocycles. The number of fused-ring (bicyclic) bond motifs is 2. The lowest BCUT2D eigenvalue weighted by molar-refractivity contribution is -0.158. The van der Waals surface area contributed by atoms with Crippen LogP contribution >= 0.6 is 0 Å². The van der Waals surface area contributed by atoms with Gasteiger partial charge in [-0.15, -0.1) is 0 Å². The lowest BCUT2D eigenvalue weighted by atomic mass is 10.0. The van der Waals surface area contributed by atoms with Gasteiger partial charge in [0.15, 0.2) is 0 Å². The first-order valence-corrected chi connectivity index (χ1v) is 15.2. The van der Waals surface area contributed by atoms with Crippen molar-refractivity contribution in [2.45, 2.75) is 72.1 Å². The topological polar surface area (TPSA) is 134 Å². The van der Waals surface area contributed by atoms with Gasteiger partial charge >= 0.3 is 5.97 Å². The van der Waals surface area contributed by atoms with Crippen molar-refractivity contribution < 1.29 is 28.7 Å². The van der Waals surface area contributed by atoms with Crippen LogP contribution in [-0.4, -0.2) is 65.3 Å². The summed E-state index contributed by atoms with van der Waals surface area (Å²) in [6.45, 7) is 10.7. The summed E-state index contributed by atoms with van der Waals surface area (Å²) in [7, 11) is 0. The standard InChI is InChI=1S/C35H42N4O6/c1-21(2)17-29(31(41)36-20-30(40)38-27-14-10-7-11-22(27)3)37-28(34(44)45-35(4,5)6)15-16-39-32(42)25-18-23-12-8-9-13-24(23)19-26(25)33(39)43/h7-14,18-19,21,28-29,37H,15-17,20H2,1-6H3,(H,36,41)(H,38,40)/t28-,29+/m1/s1. The third-order valence-corrected chi connectivity index (χ3v) is 7.44. The number of rotatable bonds is 12. The number of para-hydroxylation sites is 1. The minimum atomic E-state index is -1.01. The lowest BCUT2D eigenvalue weighted by Gasteiger charge is -2.29. The van der Waals surface area contributed by atoms with Crippen LogP contribution in [0.5, 0.6) is 0 Å². The van der Waals surface area contributed by atoms with E-state index in [1.807, 2.05) is 63.2 Å². The van der Waals surface area contributed by atoms with E-state index in [2.05, 4.69) is 16.0 Å². The second-order valence-electron chi connectivity index (χ2n) is 12.8. The maximum absolute atomic E-state index is 13.4. The lowest BCUT2D eigenvalue weighted by Crippen LogP contribution is -2.54. The number of ether oxygens (including phenoxy) is 1. The molecule has 10 heteroatoms.